The van der Waals surface area contributed by atoms with Crippen LogP contribution in [0.25, 0.3) is 0 Å². The first-order chi connectivity index (χ1) is 8.43. The van der Waals surface area contributed by atoms with Gasteiger partial charge in [0.05, 0.1) is 6.61 Å². The van der Waals surface area contributed by atoms with Gasteiger partial charge in [0, 0.05) is 37.3 Å². The van der Waals surface area contributed by atoms with E-state index in [1.165, 1.54) is 5.56 Å². The van der Waals surface area contributed by atoms with Gasteiger partial charge in [-0.3, -0.25) is 0 Å². The van der Waals surface area contributed by atoms with Crippen LogP contribution < -0.4 is 10.1 Å². The maximum atomic E-state index is 5.69. The van der Waals surface area contributed by atoms with Crippen molar-refractivity contribution in [3.63, 3.8) is 0 Å². The summed E-state index contributed by atoms with van der Waals surface area (Å²) in [6.07, 6.45) is 2.27. The Morgan fingerprint density at radius 2 is 2.00 bits per heavy atom. The molecule has 2 aliphatic heterocycles. The smallest absolute Gasteiger partial charge is 0.122 e. The van der Waals surface area contributed by atoms with E-state index < -0.39 is 0 Å². The van der Waals surface area contributed by atoms with Crippen molar-refractivity contribution in [1.29, 1.82) is 0 Å². The Bertz CT molecular complexity index is 374. The van der Waals surface area contributed by atoms with Gasteiger partial charge in [-0.25, -0.2) is 0 Å². The highest BCUT2D eigenvalue weighted by Gasteiger charge is 2.24. The summed E-state index contributed by atoms with van der Waals surface area (Å²) in [5.41, 5.74) is 1.35. The zero-order valence-corrected chi connectivity index (χ0v) is 10.0. The number of fused-ring (bicyclic) bond motifs is 1. The third-order valence-electron chi connectivity index (χ3n) is 3.67. The number of para-hydroxylation sites is 1. The van der Waals surface area contributed by atoms with Gasteiger partial charge in [0.2, 0.25) is 0 Å². The summed E-state index contributed by atoms with van der Waals surface area (Å²) in [4.78, 5) is 0. The van der Waals surface area contributed by atoms with Gasteiger partial charge in [0.1, 0.15) is 5.75 Å². The average molecular weight is 233 g/mol. The van der Waals surface area contributed by atoms with Crippen molar-refractivity contribution < 1.29 is 9.47 Å². The number of benzene rings is 1. The van der Waals surface area contributed by atoms with Crippen LogP contribution in [0.2, 0.25) is 0 Å². The van der Waals surface area contributed by atoms with Crippen LogP contribution in [0.5, 0.6) is 5.75 Å². The maximum Gasteiger partial charge on any atom is 0.122 e. The first-order valence-electron chi connectivity index (χ1n) is 6.46. The highest BCUT2D eigenvalue weighted by Crippen LogP contribution is 2.32. The second kappa shape index (κ2) is 5.07. The van der Waals surface area contributed by atoms with Crippen molar-refractivity contribution in [2.45, 2.75) is 24.8 Å². The summed E-state index contributed by atoms with van der Waals surface area (Å²) in [7, 11) is 0. The van der Waals surface area contributed by atoms with E-state index in [0.717, 1.165) is 45.0 Å². The molecule has 1 aromatic rings. The minimum atomic E-state index is 0.508. The molecule has 2 aliphatic rings. The monoisotopic (exact) mass is 233 g/mol. The lowest BCUT2D eigenvalue weighted by atomic mass is 10.0. The third-order valence-corrected chi connectivity index (χ3v) is 3.67. The van der Waals surface area contributed by atoms with Crippen LogP contribution in [0.3, 0.4) is 0 Å². The zero-order chi connectivity index (χ0) is 11.5. The van der Waals surface area contributed by atoms with E-state index in [1.54, 1.807) is 0 Å². The molecule has 3 nitrogen and oxygen atoms in total. The first kappa shape index (κ1) is 11.1. The van der Waals surface area contributed by atoms with E-state index in [2.05, 4.69) is 23.5 Å². The van der Waals surface area contributed by atoms with E-state index >= 15 is 0 Å². The summed E-state index contributed by atoms with van der Waals surface area (Å²) >= 11 is 0. The molecule has 3 rings (SSSR count). The molecule has 1 unspecified atom stereocenters. The minimum Gasteiger partial charge on any atom is -0.493 e. The van der Waals surface area contributed by atoms with Gasteiger partial charge in [-0.1, -0.05) is 18.2 Å². The average Bonchev–Trinajstić information content (AvgIpc) is 2.81. The van der Waals surface area contributed by atoms with Gasteiger partial charge in [0.25, 0.3) is 0 Å². The number of nitrogens with one attached hydrogen (secondary N) is 1. The highest BCUT2D eigenvalue weighted by atomic mass is 16.5. The van der Waals surface area contributed by atoms with Gasteiger partial charge >= 0.3 is 0 Å². The molecule has 1 aromatic carbocycles. The molecular weight excluding hydrogens is 214 g/mol. The van der Waals surface area contributed by atoms with E-state index in [-0.39, 0.29) is 0 Å². The molecule has 1 N–H and O–H groups in total. The molecule has 17 heavy (non-hydrogen) atoms. The van der Waals surface area contributed by atoms with Crippen molar-refractivity contribution in [2.75, 3.05) is 26.4 Å². The van der Waals surface area contributed by atoms with E-state index in [0.29, 0.717) is 12.0 Å². The molecule has 3 heteroatoms. The summed E-state index contributed by atoms with van der Waals surface area (Å²) in [6, 6.07) is 8.99. The van der Waals surface area contributed by atoms with Crippen LogP contribution in [0.1, 0.15) is 24.3 Å². The Hall–Kier alpha value is -1.06. The topological polar surface area (TPSA) is 30.5 Å². The second-order valence-electron chi connectivity index (χ2n) is 4.84. The Kier molecular flexibility index (Phi) is 3.29. The molecule has 1 fully saturated rings. The molecule has 0 aliphatic carbocycles. The number of ether oxygens (including phenoxy) is 2. The molecule has 0 bridgehead atoms. The molecule has 0 spiro atoms. The van der Waals surface area contributed by atoms with Crippen molar-refractivity contribution >= 4 is 0 Å². The molecule has 92 valence electrons. The fourth-order valence-electron chi connectivity index (χ4n) is 2.61. The molecule has 2 heterocycles. The predicted molar refractivity (Wildman–Crippen MR) is 66.5 cm³/mol. The molecule has 0 amide bonds. The van der Waals surface area contributed by atoms with Crippen molar-refractivity contribution in [3.05, 3.63) is 29.8 Å². The van der Waals surface area contributed by atoms with E-state index in [4.69, 9.17) is 9.47 Å². The number of rotatable bonds is 3. The van der Waals surface area contributed by atoms with Gasteiger partial charge in [-0.05, 0) is 18.9 Å². The van der Waals surface area contributed by atoms with E-state index in [1.807, 2.05) is 6.07 Å². The molecule has 0 radical (unpaired) electrons. The van der Waals surface area contributed by atoms with Crippen molar-refractivity contribution in [2.24, 2.45) is 0 Å². The van der Waals surface area contributed by atoms with Crippen LogP contribution in [0.4, 0.5) is 0 Å². The minimum absolute atomic E-state index is 0.508. The normalized spacial score (nSPS) is 24.4. The Morgan fingerprint density at radius 3 is 2.88 bits per heavy atom. The van der Waals surface area contributed by atoms with Crippen LogP contribution in [0, 0.1) is 0 Å². The van der Waals surface area contributed by atoms with E-state index in [9.17, 15) is 0 Å². The summed E-state index contributed by atoms with van der Waals surface area (Å²) in [5, 5.41) is 3.64. The fourth-order valence-corrected chi connectivity index (χ4v) is 2.61. The van der Waals surface area contributed by atoms with Gasteiger partial charge in [0.15, 0.2) is 0 Å². The summed E-state index contributed by atoms with van der Waals surface area (Å²) in [6.45, 7) is 3.63. The van der Waals surface area contributed by atoms with Crippen LogP contribution in [-0.4, -0.2) is 32.4 Å². The number of hydrogen-bond donors (Lipinski definition) is 1. The third kappa shape index (κ3) is 2.45. The molecular formula is C14H19NO2. The molecule has 1 saturated heterocycles. The SMILES string of the molecule is c1ccc2c(c1)OCC2CNC1CCOCC1. The summed E-state index contributed by atoms with van der Waals surface area (Å²) in [5.74, 6) is 1.57. The Labute approximate surface area is 102 Å². The predicted octanol–water partition coefficient (Wildman–Crippen LogP) is 1.93. The summed E-state index contributed by atoms with van der Waals surface area (Å²) < 4.78 is 11.0. The highest BCUT2D eigenvalue weighted by molar-refractivity contribution is 5.39. The van der Waals surface area contributed by atoms with Gasteiger partial charge in [-0.2, -0.15) is 0 Å². The quantitative estimate of drug-likeness (QED) is 0.865. The first-order valence-corrected chi connectivity index (χ1v) is 6.46. The lowest BCUT2D eigenvalue weighted by Crippen LogP contribution is -2.37. The second-order valence-corrected chi connectivity index (χ2v) is 4.84. The van der Waals surface area contributed by atoms with Crippen LogP contribution >= 0.6 is 0 Å². The Morgan fingerprint density at radius 1 is 1.18 bits per heavy atom. The fraction of sp³-hybridized carbons (Fsp3) is 0.571. The molecule has 0 aromatic heterocycles. The number of hydrogen-bond acceptors (Lipinski definition) is 3. The lowest BCUT2D eigenvalue weighted by Gasteiger charge is -2.24. The van der Waals surface area contributed by atoms with Gasteiger partial charge in [-0.15, -0.1) is 0 Å². The van der Waals surface area contributed by atoms with Crippen molar-refractivity contribution in [1.82, 2.24) is 5.32 Å². The molecule has 0 saturated carbocycles. The largest absolute Gasteiger partial charge is 0.493 e. The Balaban J connectivity index is 1.56. The zero-order valence-electron chi connectivity index (χ0n) is 10.0. The van der Waals surface area contributed by atoms with Crippen LogP contribution in [-0.2, 0) is 4.74 Å². The van der Waals surface area contributed by atoms with Crippen LogP contribution in [0.15, 0.2) is 24.3 Å². The lowest BCUT2D eigenvalue weighted by molar-refractivity contribution is 0.0775. The standard InChI is InChI=1S/C14H19NO2/c1-2-4-14-13(3-1)11(10-17-14)9-15-12-5-7-16-8-6-12/h1-4,11-12,15H,5-10H2. The molecule has 1 atom stereocenters. The van der Waals surface area contributed by atoms with Gasteiger partial charge < -0.3 is 14.8 Å². The maximum absolute atomic E-state index is 5.69. The van der Waals surface area contributed by atoms with Crippen molar-refractivity contribution in [3.8, 4) is 5.75 Å².